The lowest BCUT2D eigenvalue weighted by atomic mass is 10.2. The van der Waals surface area contributed by atoms with Crippen LogP contribution in [0.5, 0.6) is 5.75 Å². The second-order valence-electron chi connectivity index (χ2n) is 3.44. The summed E-state index contributed by atoms with van der Waals surface area (Å²) in [4.78, 5) is 11.5. The normalized spacial score (nSPS) is 21.2. The first-order valence-electron chi connectivity index (χ1n) is 5.09. The van der Waals surface area contributed by atoms with Gasteiger partial charge in [0.05, 0.1) is 7.11 Å². The zero-order valence-corrected chi connectivity index (χ0v) is 10.4. The van der Waals surface area contributed by atoms with E-state index in [1.54, 1.807) is 13.2 Å². The Labute approximate surface area is 104 Å². The molecule has 1 N–H and O–H groups in total. The zero-order valence-electron chi connectivity index (χ0n) is 9.60. The third-order valence-corrected chi connectivity index (χ3v) is 2.98. The van der Waals surface area contributed by atoms with Crippen molar-refractivity contribution < 1.29 is 14.3 Å². The molecule has 1 heterocycles. The summed E-state index contributed by atoms with van der Waals surface area (Å²) < 4.78 is 10.5. The first-order chi connectivity index (χ1) is 8.22. The third kappa shape index (κ3) is 2.74. The number of benzene rings is 1. The maximum atomic E-state index is 11.5. The lowest BCUT2D eigenvalue weighted by Crippen LogP contribution is -2.22. The van der Waals surface area contributed by atoms with E-state index in [1.807, 2.05) is 30.5 Å². The van der Waals surface area contributed by atoms with Gasteiger partial charge in [0.15, 0.2) is 5.76 Å². The first-order valence-corrected chi connectivity index (χ1v) is 6.38. The molecule has 17 heavy (non-hydrogen) atoms. The summed E-state index contributed by atoms with van der Waals surface area (Å²) in [6, 6.07) is 7.42. The van der Waals surface area contributed by atoms with E-state index in [0.717, 1.165) is 11.3 Å². The highest BCUT2D eigenvalue weighted by Gasteiger charge is 2.26. The highest BCUT2D eigenvalue weighted by atomic mass is 32.2. The maximum Gasteiger partial charge on any atom is 0.289 e. The van der Waals surface area contributed by atoms with Crippen LogP contribution in [-0.4, -0.2) is 24.8 Å². The number of nitrogens with one attached hydrogen (secondary N) is 1. The third-order valence-electron chi connectivity index (χ3n) is 2.33. The Hall–Kier alpha value is -1.62. The second-order valence-corrected chi connectivity index (χ2v) is 4.34. The largest absolute Gasteiger partial charge is 0.497 e. The molecule has 0 saturated carbocycles. The van der Waals surface area contributed by atoms with Crippen LogP contribution in [0.1, 0.15) is 5.56 Å². The number of rotatable bonds is 3. The van der Waals surface area contributed by atoms with Crippen LogP contribution in [0.2, 0.25) is 0 Å². The van der Waals surface area contributed by atoms with E-state index >= 15 is 0 Å². The van der Waals surface area contributed by atoms with Gasteiger partial charge in [-0.25, -0.2) is 0 Å². The molecule has 0 aliphatic carbocycles. The summed E-state index contributed by atoms with van der Waals surface area (Å²) in [5, 5.41) is 2.71. The fourth-order valence-corrected chi connectivity index (χ4v) is 1.86. The fraction of sp³-hybridized carbons (Fsp3) is 0.250. The van der Waals surface area contributed by atoms with Gasteiger partial charge in [0.25, 0.3) is 5.91 Å². The van der Waals surface area contributed by atoms with Crippen LogP contribution in [-0.2, 0) is 9.53 Å². The van der Waals surface area contributed by atoms with Gasteiger partial charge >= 0.3 is 0 Å². The monoisotopic (exact) mass is 251 g/mol. The average molecular weight is 251 g/mol. The Balaban J connectivity index is 2.15. The molecule has 2 rings (SSSR count). The minimum atomic E-state index is -0.285. The molecule has 0 aromatic heterocycles. The van der Waals surface area contributed by atoms with Crippen molar-refractivity contribution in [3.05, 3.63) is 35.6 Å². The van der Waals surface area contributed by atoms with Crippen LogP contribution < -0.4 is 10.1 Å². The Kier molecular flexibility index (Phi) is 3.58. The van der Waals surface area contributed by atoms with E-state index in [0.29, 0.717) is 5.76 Å². The molecule has 1 amide bonds. The zero-order chi connectivity index (χ0) is 12.3. The smallest absolute Gasteiger partial charge is 0.289 e. The predicted molar refractivity (Wildman–Crippen MR) is 67.5 cm³/mol. The molecule has 1 atom stereocenters. The van der Waals surface area contributed by atoms with E-state index in [1.165, 1.54) is 11.8 Å². The van der Waals surface area contributed by atoms with Crippen LogP contribution in [0.3, 0.4) is 0 Å². The Morgan fingerprint density at radius 1 is 1.41 bits per heavy atom. The number of amides is 1. The van der Waals surface area contributed by atoms with Crippen molar-refractivity contribution in [2.24, 2.45) is 0 Å². The van der Waals surface area contributed by atoms with Crippen LogP contribution in [0, 0.1) is 0 Å². The Morgan fingerprint density at radius 2 is 2.12 bits per heavy atom. The number of thioether (sulfide) groups is 1. The van der Waals surface area contributed by atoms with Gasteiger partial charge in [0.2, 0.25) is 5.56 Å². The summed E-state index contributed by atoms with van der Waals surface area (Å²) in [6.07, 6.45) is 3.59. The highest BCUT2D eigenvalue weighted by molar-refractivity contribution is 7.99. The second kappa shape index (κ2) is 5.14. The van der Waals surface area contributed by atoms with E-state index in [2.05, 4.69) is 5.32 Å². The van der Waals surface area contributed by atoms with Crippen molar-refractivity contribution in [2.45, 2.75) is 5.56 Å². The number of methoxy groups -OCH3 is 1. The van der Waals surface area contributed by atoms with Gasteiger partial charge in [0.1, 0.15) is 5.75 Å². The number of carbonyl (C=O) groups is 1. The molecule has 90 valence electrons. The van der Waals surface area contributed by atoms with Gasteiger partial charge < -0.3 is 14.8 Å². The summed E-state index contributed by atoms with van der Waals surface area (Å²) in [5.41, 5.74) is 0.615. The molecular formula is C12H13NO3S. The maximum absolute atomic E-state index is 11.5. The number of hydrogen-bond donors (Lipinski definition) is 1. The Morgan fingerprint density at radius 3 is 2.65 bits per heavy atom. The van der Waals surface area contributed by atoms with Gasteiger partial charge in [-0.2, -0.15) is 0 Å². The summed E-state index contributed by atoms with van der Waals surface area (Å²) in [5.74, 6) is 0.945. The van der Waals surface area contributed by atoms with Crippen LogP contribution in [0.4, 0.5) is 0 Å². The van der Waals surface area contributed by atoms with Crippen LogP contribution in [0.15, 0.2) is 30.0 Å². The molecule has 1 fully saturated rings. The van der Waals surface area contributed by atoms with Gasteiger partial charge in [-0.1, -0.05) is 23.9 Å². The molecule has 1 aliphatic rings. The molecule has 1 aromatic carbocycles. The molecule has 1 aromatic rings. The molecule has 0 spiro atoms. The van der Waals surface area contributed by atoms with Gasteiger partial charge in [-0.15, -0.1) is 0 Å². The van der Waals surface area contributed by atoms with Crippen molar-refractivity contribution in [1.82, 2.24) is 5.32 Å². The molecular weight excluding hydrogens is 238 g/mol. The van der Waals surface area contributed by atoms with Gasteiger partial charge in [-0.3, -0.25) is 4.79 Å². The summed E-state index contributed by atoms with van der Waals surface area (Å²) >= 11 is 1.44. The molecule has 5 heteroatoms. The number of ether oxygens (including phenoxy) is 2. The fourth-order valence-electron chi connectivity index (χ4n) is 1.43. The van der Waals surface area contributed by atoms with Crippen LogP contribution in [0.25, 0.3) is 6.08 Å². The standard InChI is InChI=1S/C12H13NO3S/c1-15-9-5-3-8(4-6-9)7-10-11(14)13-12(16-10)17-2/h3-7,12H,1-2H3,(H,13,14). The topological polar surface area (TPSA) is 47.6 Å². The van der Waals surface area contributed by atoms with Crippen molar-refractivity contribution in [1.29, 1.82) is 0 Å². The molecule has 0 radical (unpaired) electrons. The summed E-state index contributed by atoms with van der Waals surface area (Å²) in [7, 11) is 1.62. The molecule has 1 unspecified atom stereocenters. The quantitative estimate of drug-likeness (QED) is 0.833. The molecule has 0 bridgehead atoms. The average Bonchev–Trinajstić information content (AvgIpc) is 2.71. The lowest BCUT2D eigenvalue weighted by molar-refractivity contribution is -0.116. The predicted octanol–water partition coefficient (Wildman–Crippen LogP) is 1.83. The minimum Gasteiger partial charge on any atom is -0.497 e. The number of hydrogen-bond acceptors (Lipinski definition) is 4. The van der Waals surface area contributed by atoms with Crippen LogP contribution >= 0.6 is 11.8 Å². The van der Waals surface area contributed by atoms with E-state index in [9.17, 15) is 4.79 Å². The van der Waals surface area contributed by atoms with Crippen molar-refractivity contribution in [2.75, 3.05) is 13.4 Å². The lowest BCUT2D eigenvalue weighted by Gasteiger charge is -2.04. The minimum absolute atomic E-state index is 0.180. The SMILES string of the molecule is COc1ccc(C=C2OC(SC)NC2=O)cc1. The van der Waals surface area contributed by atoms with E-state index < -0.39 is 0 Å². The first kappa shape index (κ1) is 11.9. The van der Waals surface area contributed by atoms with Crippen molar-refractivity contribution in [3.63, 3.8) is 0 Å². The Bertz CT molecular complexity index is 442. The molecule has 4 nitrogen and oxygen atoms in total. The van der Waals surface area contributed by atoms with E-state index in [4.69, 9.17) is 9.47 Å². The van der Waals surface area contributed by atoms with Gasteiger partial charge in [0, 0.05) is 0 Å². The highest BCUT2D eigenvalue weighted by Crippen LogP contribution is 2.21. The molecule has 1 aliphatic heterocycles. The van der Waals surface area contributed by atoms with Gasteiger partial charge in [-0.05, 0) is 30.0 Å². The van der Waals surface area contributed by atoms with Crippen molar-refractivity contribution in [3.8, 4) is 5.75 Å². The molecule has 1 saturated heterocycles. The van der Waals surface area contributed by atoms with Crippen molar-refractivity contribution >= 4 is 23.7 Å². The number of carbonyl (C=O) groups excluding carboxylic acids is 1. The van der Waals surface area contributed by atoms with E-state index in [-0.39, 0.29) is 11.5 Å². The summed E-state index contributed by atoms with van der Waals surface area (Å²) in [6.45, 7) is 0.